The highest BCUT2D eigenvalue weighted by atomic mass is 35.5. The number of nitrogens with one attached hydrogen (secondary N) is 2. The van der Waals surface area contributed by atoms with Crippen LogP contribution >= 0.6 is 23.2 Å². The van der Waals surface area contributed by atoms with Crippen LogP contribution in [-0.2, 0) is 15.8 Å². The molecule has 1 heterocycles. The van der Waals surface area contributed by atoms with Gasteiger partial charge >= 0.3 is 6.18 Å². The highest BCUT2D eigenvalue weighted by Crippen LogP contribution is 2.37. The highest BCUT2D eigenvalue weighted by Gasteiger charge is 2.40. The second-order valence-corrected chi connectivity index (χ2v) is 8.47. The van der Waals surface area contributed by atoms with Crippen LogP contribution in [0.4, 0.5) is 30.2 Å². The second-order valence-electron chi connectivity index (χ2n) is 7.65. The van der Waals surface area contributed by atoms with Gasteiger partial charge in [0.25, 0.3) is 17.7 Å². The summed E-state index contributed by atoms with van der Waals surface area (Å²) in [6.45, 7) is 0. The molecule has 1 aliphatic rings. The molecule has 3 aromatic carbocycles. The number of amides is 3. The van der Waals surface area contributed by atoms with Crippen molar-refractivity contribution in [1.82, 2.24) is 0 Å². The molecule has 0 aliphatic carbocycles. The van der Waals surface area contributed by atoms with Crippen LogP contribution in [0.5, 0.6) is 5.75 Å². The molecule has 12 heteroatoms. The molecule has 3 amide bonds. The number of rotatable bonds is 6. The molecule has 0 saturated carbocycles. The summed E-state index contributed by atoms with van der Waals surface area (Å²) in [5.41, 5.74) is -1.13. The van der Waals surface area contributed by atoms with Crippen molar-refractivity contribution in [2.24, 2.45) is 0 Å². The first kappa shape index (κ1) is 26.1. The lowest BCUT2D eigenvalue weighted by Crippen LogP contribution is -2.32. The highest BCUT2D eigenvalue weighted by molar-refractivity contribution is 6.53. The molecule has 0 atom stereocenters. The first-order valence-corrected chi connectivity index (χ1v) is 11.2. The van der Waals surface area contributed by atoms with E-state index in [4.69, 9.17) is 27.9 Å². The van der Waals surface area contributed by atoms with Gasteiger partial charge in [-0.3, -0.25) is 14.4 Å². The molecule has 0 aromatic heterocycles. The van der Waals surface area contributed by atoms with Gasteiger partial charge in [0, 0.05) is 16.3 Å². The molecule has 0 bridgehead atoms. The number of carbonyl (C=O) groups is 3. The van der Waals surface area contributed by atoms with Gasteiger partial charge in [-0.15, -0.1) is 0 Å². The minimum absolute atomic E-state index is 0.0571. The number of hydrogen-bond donors (Lipinski definition) is 2. The molecule has 190 valence electrons. The largest absolute Gasteiger partial charge is 0.495 e. The molecule has 0 fully saturated rings. The number of ether oxygens (including phenoxy) is 1. The van der Waals surface area contributed by atoms with Crippen LogP contribution in [0.25, 0.3) is 0 Å². The fraction of sp³-hybridized carbons (Fsp3) is 0.0800. The quantitative estimate of drug-likeness (QED) is 0.365. The van der Waals surface area contributed by atoms with Gasteiger partial charge in [-0.05, 0) is 54.6 Å². The zero-order valence-electron chi connectivity index (χ0n) is 18.8. The van der Waals surface area contributed by atoms with Gasteiger partial charge in [0.1, 0.15) is 16.5 Å². The van der Waals surface area contributed by atoms with Crippen molar-refractivity contribution in [1.29, 1.82) is 0 Å². The van der Waals surface area contributed by atoms with E-state index >= 15 is 0 Å². The van der Waals surface area contributed by atoms with E-state index in [-0.39, 0.29) is 38.4 Å². The summed E-state index contributed by atoms with van der Waals surface area (Å²) in [4.78, 5) is 39.1. The summed E-state index contributed by atoms with van der Waals surface area (Å²) < 4.78 is 44.8. The van der Waals surface area contributed by atoms with Gasteiger partial charge in [-0.25, -0.2) is 4.90 Å². The summed E-state index contributed by atoms with van der Waals surface area (Å²) in [7, 11) is 1.37. The van der Waals surface area contributed by atoms with Crippen LogP contribution in [0.15, 0.2) is 77.5 Å². The van der Waals surface area contributed by atoms with Gasteiger partial charge < -0.3 is 15.4 Å². The van der Waals surface area contributed by atoms with E-state index in [1.807, 2.05) is 0 Å². The fourth-order valence-electron chi connectivity index (χ4n) is 3.55. The Kier molecular flexibility index (Phi) is 7.15. The fourth-order valence-corrected chi connectivity index (χ4v) is 3.93. The van der Waals surface area contributed by atoms with Crippen molar-refractivity contribution < 1.29 is 32.3 Å². The van der Waals surface area contributed by atoms with E-state index in [0.717, 1.165) is 17.0 Å². The van der Waals surface area contributed by atoms with Gasteiger partial charge in [0.2, 0.25) is 0 Å². The molecular weight excluding hydrogens is 534 g/mol. The predicted octanol–water partition coefficient (Wildman–Crippen LogP) is 6.06. The summed E-state index contributed by atoms with van der Waals surface area (Å²) in [6.07, 6.45) is -4.64. The van der Waals surface area contributed by atoms with Crippen molar-refractivity contribution in [2.45, 2.75) is 6.18 Å². The SMILES string of the molecule is COc1ccc(Cl)cc1N1C(=O)C(Cl)=C(Nc2ccc(C(=O)Nc3ccccc3C(F)(F)F)cc2)C1=O. The number of nitrogens with zero attached hydrogens (tertiary/aromatic N) is 1. The summed E-state index contributed by atoms with van der Waals surface area (Å²) in [5, 5.41) is 4.88. The topological polar surface area (TPSA) is 87.7 Å². The number of anilines is 3. The minimum Gasteiger partial charge on any atom is -0.495 e. The minimum atomic E-state index is -4.64. The first-order valence-electron chi connectivity index (χ1n) is 10.5. The zero-order valence-corrected chi connectivity index (χ0v) is 20.3. The molecule has 7 nitrogen and oxygen atoms in total. The van der Waals surface area contributed by atoms with Crippen LogP contribution in [-0.4, -0.2) is 24.8 Å². The monoisotopic (exact) mass is 549 g/mol. The molecule has 1 aliphatic heterocycles. The third kappa shape index (κ3) is 5.25. The molecule has 0 saturated heterocycles. The third-order valence-corrected chi connectivity index (χ3v) is 5.89. The molecule has 3 aromatic rings. The number of methoxy groups -OCH3 is 1. The third-order valence-electron chi connectivity index (χ3n) is 5.31. The number of carbonyl (C=O) groups excluding carboxylic acids is 3. The van der Waals surface area contributed by atoms with E-state index in [0.29, 0.717) is 5.69 Å². The van der Waals surface area contributed by atoms with Crippen LogP contribution < -0.4 is 20.3 Å². The number of hydrogen-bond acceptors (Lipinski definition) is 5. The Morgan fingerprint density at radius 3 is 2.27 bits per heavy atom. The van der Waals surface area contributed by atoms with Crippen molar-refractivity contribution in [3.63, 3.8) is 0 Å². The number of alkyl halides is 3. The van der Waals surface area contributed by atoms with Crippen molar-refractivity contribution in [3.8, 4) is 5.75 Å². The Morgan fingerprint density at radius 1 is 0.946 bits per heavy atom. The van der Waals surface area contributed by atoms with Crippen LogP contribution in [0, 0.1) is 0 Å². The summed E-state index contributed by atoms with van der Waals surface area (Å²) in [6, 6.07) is 14.5. The maximum Gasteiger partial charge on any atom is 0.418 e. The number of halogens is 5. The van der Waals surface area contributed by atoms with Gasteiger partial charge in [0.05, 0.1) is 24.0 Å². The standard InChI is InChI=1S/C25H16Cl2F3N3O4/c1-37-19-11-8-14(26)12-18(19)33-23(35)20(27)21(24(33)36)31-15-9-6-13(7-10-15)22(34)32-17-5-3-2-4-16(17)25(28,29)30/h2-12,31H,1H3,(H,32,34). The Bertz CT molecular complexity index is 1440. The smallest absolute Gasteiger partial charge is 0.418 e. The maximum atomic E-state index is 13.2. The predicted molar refractivity (Wildman–Crippen MR) is 133 cm³/mol. The lowest BCUT2D eigenvalue weighted by molar-refractivity contribution is -0.137. The van der Waals surface area contributed by atoms with E-state index in [1.165, 1.54) is 61.7 Å². The summed E-state index contributed by atoms with van der Waals surface area (Å²) >= 11 is 12.2. The van der Waals surface area contributed by atoms with Gasteiger partial charge in [0.15, 0.2) is 0 Å². The van der Waals surface area contributed by atoms with E-state index in [2.05, 4.69) is 10.6 Å². The lowest BCUT2D eigenvalue weighted by atomic mass is 10.1. The Labute approximate surface area is 218 Å². The van der Waals surface area contributed by atoms with Crippen molar-refractivity contribution in [2.75, 3.05) is 22.6 Å². The maximum absolute atomic E-state index is 13.2. The molecular formula is C25H16Cl2F3N3O4. The molecule has 0 spiro atoms. The number of para-hydroxylation sites is 1. The second kappa shape index (κ2) is 10.2. The number of imide groups is 1. The average Bonchev–Trinajstić information content (AvgIpc) is 3.07. The van der Waals surface area contributed by atoms with Gasteiger partial charge in [-0.2, -0.15) is 13.2 Å². The Morgan fingerprint density at radius 2 is 1.62 bits per heavy atom. The molecule has 0 radical (unpaired) electrons. The zero-order chi connectivity index (χ0) is 26.9. The van der Waals surface area contributed by atoms with E-state index in [9.17, 15) is 27.6 Å². The molecule has 2 N–H and O–H groups in total. The van der Waals surface area contributed by atoms with E-state index < -0.39 is 29.5 Å². The summed E-state index contributed by atoms with van der Waals surface area (Å²) in [5.74, 6) is -2.11. The van der Waals surface area contributed by atoms with Crippen LogP contribution in [0.3, 0.4) is 0 Å². The van der Waals surface area contributed by atoms with Crippen molar-refractivity contribution >= 4 is 58.0 Å². The lowest BCUT2D eigenvalue weighted by Gasteiger charge is -2.18. The average molecular weight is 550 g/mol. The molecule has 37 heavy (non-hydrogen) atoms. The first-order chi connectivity index (χ1) is 17.5. The van der Waals surface area contributed by atoms with E-state index in [1.54, 1.807) is 0 Å². The Balaban J connectivity index is 1.52. The normalized spacial score (nSPS) is 13.7. The van der Waals surface area contributed by atoms with Crippen LogP contribution in [0.1, 0.15) is 15.9 Å². The number of benzene rings is 3. The molecule has 0 unspecified atom stereocenters. The Hall–Kier alpha value is -4.02. The molecule has 4 rings (SSSR count). The van der Waals surface area contributed by atoms with Crippen LogP contribution in [0.2, 0.25) is 5.02 Å². The van der Waals surface area contributed by atoms with Crippen molar-refractivity contribution in [3.05, 3.63) is 93.6 Å². The van der Waals surface area contributed by atoms with Gasteiger partial charge in [-0.1, -0.05) is 35.3 Å².